The predicted molar refractivity (Wildman–Crippen MR) is 31.5 cm³/mol. The van der Waals surface area contributed by atoms with Crippen LogP contribution in [-0.2, 0) is 9.53 Å². The van der Waals surface area contributed by atoms with Crippen LogP contribution in [0, 0.1) is 0 Å². The topological polar surface area (TPSA) is 49.4 Å². The first-order chi connectivity index (χ1) is 6.48. The van der Waals surface area contributed by atoms with Gasteiger partial charge >= 0.3 is 12.4 Å². The molecule has 0 rings (SSSR count). The molecule has 0 aliphatic carbocycles. The quantitative estimate of drug-likeness (QED) is 0.679. The molecule has 0 aromatic carbocycles. The van der Waals surface area contributed by atoms with Gasteiger partial charge in [0, 0.05) is 19.5 Å². The molecule has 0 bridgehead atoms. The number of carbonyl (C=O) groups is 1. The lowest BCUT2D eigenvalue weighted by Gasteiger charge is -2.35. The third-order valence-corrected chi connectivity index (χ3v) is 1.66. The number of halogens is 6. The summed E-state index contributed by atoms with van der Waals surface area (Å²) in [6, 6.07) is 0. The molecule has 0 atom stereocenters. The fourth-order valence-electron chi connectivity index (χ4n) is 0.868. The minimum absolute atomic E-state index is 0.129. The molecule has 0 heterocycles. The summed E-state index contributed by atoms with van der Waals surface area (Å²) in [6.07, 6.45) is -14.1. The number of rotatable bonds is 3. The third kappa shape index (κ3) is 2.52. The van der Waals surface area contributed by atoms with Gasteiger partial charge in [0.1, 0.15) is 0 Å². The third-order valence-electron chi connectivity index (χ3n) is 1.66. The number of alkyl halides is 6. The zero-order valence-corrected chi connectivity index (χ0v) is 7.20. The van der Waals surface area contributed by atoms with E-state index in [0.29, 0.717) is 0 Å². The van der Waals surface area contributed by atoms with Crippen molar-refractivity contribution in [3.63, 3.8) is 0 Å². The lowest BCUT2D eigenvalue weighted by Crippen LogP contribution is -2.60. The standard InChI is InChI=1S/C6H6F6O3/c1-15-4(2-3(13)14,5(7,8)9)6(10,11)12/h2H2,1H3,(H,13,14)/p-1. The zero-order chi connectivity index (χ0) is 12.5. The fraction of sp³-hybridized carbons (Fsp3) is 0.833. The van der Waals surface area contributed by atoms with Gasteiger partial charge in [-0.15, -0.1) is 0 Å². The Morgan fingerprint density at radius 2 is 1.47 bits per heavy atom. The molecule has 9 heteroatoms. The molecular weight excluding hydrogens is 234 g/mol. The summed E-state index contributed by atoms with van der Waals surface area (Å²) in [7, 11) is 0.129. The molecule has 0 saturated heterocycles. The second-order valence-corrected chi connectivity index (χ2v) is 2.58. The molecule has 0 aliphatic heterocycles. The average Bonchev–Trinajstić information content (AvgIpc) is 1.94. The van der Waals surface area contributed by atoms with E-state index in [1.165, 1.54) is 0 Å². The Morgan fingerprint density at radius 1 is 1.13 bits per heavy atom. The SMILES string of the molecule is COC(CC(=O)[O-])(C(F)(F)F)C(F)(F)F. The molecule has 0 fully saturated rings. The average molecular weight is 239 g/mol. The highest BCUT2D eigenvalue weighted by molar-refractivity contribution is 5.66. The second-order valence-electron chi connectivity index (χ2n) is 2.58. The molecule has 0 spiro atoms. The van der Waals surface area contributed by atoms with E-state index < -0.39 is 30.3 Å². The highest BCUT2D eigenvalue weighted by Crippen LogP contribution is 2.47. The lowest BCUT2D eigenvalue weighted by atomic mass is 9.98. The summed E-state index contributed by atoms with van der Waals surface area (Å²) >= 11 is 0. The molecule has 0 saturated carbocycles. The summed E-state index contributed by atoms with van der Waals surface area (Å²) in [5.41, 5.74) is -4.72. The highest BCUT2D eigenvalue weighted by Gasteiger charge is 2.71. The summed E-state index contributed by atoms with van der Waals surface area (Å²) < 4.78 is 75.9. The number of hydrogen-bond donors (Lipinski definition) is 0. The number of aliphatic carboxylic acids is 1. The first-order valence-electron chi connectivity index (χ1n) is 3.36. The lowest BCUT2D eigenvalue weighted by molar-refractivity contribution is -0.385. The largest absolute Gasteiger partial charge is 0.550 e. The Labute approximate surface area is 79.6 Å². The van der Waals surface area contributed by atoms with Gasteiger partial charge in [-0.25, -0.2) is 0 Å². The Kier molecular flexibility index (Phi) is 3.62. The van der Waals surface area contributed by atoms with E-state index in [1.807, 2.05) is 0 Å². The van der Waals surface area contributed by atoms with Crippen LogP contribution < -0.4 is 5.11 Å². The van der Waals surface area contributed by atoms with Gasteiger partial charge in [0.05, 0.1) is 0 Å². The van der Waals surface area contributed by atoms with Crippen molar-refractivity contribution >= 4 is 5.97 Å². The predicted octanol–water partition coefficient (Wildman–Crippen LogP) is 0.636. The van der Waals surface area contributed by atoms with Crippen molar-refractivity contribution in [1.29, 1.82) is 0 Å². The summed E-state index contributed by atoms with van der Waals surface area (Å²) in [6.45, 7) is 0. The van der Waals surface area contributed by atoms with E-state index in [-0.39, 0.29) is 7.11 Å². The number of carboxylic acids is 1. The van der Waals surface area contributed by atoms with Gasteiger partial charge < -0.3 is 14.6 Å². The summed E-state index contributed by atoms with van der Waals surface area (Å²) in [4.78, 5) is 9.88. The first-order valence-corrected chi connectivity index (χ1v) is 3.36. The van der Waals surface area contributed by atoms with Crippen LogP contribution in [0.25, 0.3) is 0 Å². The summed E-state index contributed by atoms with van der Waals surface area (Å²) in [5.74, 6) is -2.51. The Bertz CT molecular complexity index is 228. The van der Waals surface area contributed by atoms with Gasteiger partial charge in [-0.1, -0.05) is 0 Å². The Morgan fingerprint density at radius 3 is 1.53 bits per heavy atom. The van der Waals surface area contributed by atoms with Gasteiger partial charge in [0.15, 0.2) is 0 Å². The van der Waals surface area contributed by atoms with Gasteiger partial charge in [-0.05, 0) is 0 Å². The zero-order valence-electron chi connectivity index (χ0n) is 7.20. The van der Waals surface area contributed by atoms with Crippen LogP contribution >= 0.6 is 0 Å². The summed E-state index contributed by atoms with van der Waals surface area (Å²) in [5, 5.41) is 9.88. The maximum Gasteiger partial charge on any atom is 0.426 e. The maximum absolute atomic E-state index is 12.1. The van der Waals surface area contributed by atoms with Crippen molar-refractivity contribution in [1.82, 2.24) is 0 Å². The first kappa shape index (κ1) is 14.0. The number of hydrogen-bond acceptors (Lipinski definition) is 3. The molecule has 0 aromatic heterocycles. The Hall–Kier alpha value is -0.990. The van der Waals surface area contributed by atoms with Crippen molar-refractivity contribution in [2.75, 3.05) is 7.11 Å². The van der Waals surface area contributed by atoms with Crippen LogP contribution in [0.3, 0.4) is 0 Å². The molecule has 0 radical (unpaired) electrons. The van der Waals surface area contributed by atoms with E-state index in [4.69, 9.17) is 0 Å². The molecule has 0 N–H and O–H groups in total. The minimum atomic E-state index is -5.89. The number of ether oxygens (including phenoxy) is 1. The molecule has 0 amide bonds. The van der Waals surface area contributed by atoms with E-state index in [1.54, 1.807) is 0 Å². The fourth-order valence-corrected chi connectivity index (χ4v) is 0.868. The molecule has 15 heavy (non-hydrogen) atoms. The molecule has 0 aliphatic rings. The molecule has 0 unspecified atom stereocenters. The van der Waals surface area contributed by atoms with Crippen LogP contribution in [0.4, 0.5) is 26.3 Å². The Balaban J connectivity index is 5.42. The van der Waals surface area contributed by atoms with Crippen molar-refractivity contribution in [3.8, 4) is 0 Å². The molecule has 90 valence electrons. The van der Waals surface area contributed by atoms with Crippen molar-refractivity contribution < 1.29 is 41.0 Å². The van der Waals surface area contributed by atoms with Gasteiger partial charge in [0.2, 0.25) is 0 Å². The van der Waals surface area contributed by atoms with E-state index in [9.17, 15) is 36.2 Å². The van der Waals surface area contributed by atoms with Crippen LogP contribution in [0.2, 0.25) is 0 Å². The maximum atomic E-state index is 12.1. The van der Waals surface area contributed by atoms with Gasteiger partial charge in [0.25, 0.3) is 5.60 Å². The van der Waals surface area contributed by atoms with E-state index in [2.05, 4.69) is 4.74 Å². The van der Waals surface area contributed by atoms with Gasteiger partial charge in [-0.3, -0.25) is 0 Å². The highest BCUT2D eigenvalue weighted by atomic mass is 19.4. The van der Waals surface area contributed by atoms with E-state index >= 15 is 0 Å². The monoisotopic (exact) mass is 239 g/mol. The smallest absolute Gasteiger partial charge is 0.426 e. The second kappa shape index (κ2) is 3.87. The number of methoxy groups -OCH3 is 1. The van der Waals surface area contributed by atoms with Gasteiger partial charge in [-0.2, -0.15) is 26.3 Å². The molecule has 0 aromatic rings. The minimum Gasteiger partial charge on any atom is -0.550 e. The van der Waals surface area contributed by atoms with Crippen molar-refractivity contribution in [2.45, 2.75) is 24.4 Å². The molecule has 3 nitrogen and oxygen atoms in total. The normalized spacial score (nSPS) is 14.1. The molecular formula is C6H5F6O3-. The van der Waals surface area contributed by atoms with Crippen molar-refractivity contribution in [2.24, 2.45) is 0 Å². The number of carbonyl (C=O) groups excluding carboxylic acids is 1. The van der Waals surface area contributed by atoms with Crippen LogP contribution in [-0.4, -0.2) is 31.0 Å². The van der Waals surface area contributed by atoms with Crippen LogP contribution in [0.5, 0.6) is 0 Å². The number of carboxylic acid groups (broad SMARTS) is 1. The van der Waals surface area contributed by atoms with Crippen LogP contribution in [0.1, 0.15) is 6.42 Å². The van der Waals surface area contributed by atoms with E-state index in [0.717, 1.165) is 0 Å². The van der Waals surface area contributed by atoms with Crippen LogP contribution in [0.15, 0.2) is 0 Å². The van der Waals surface area contributed by atoms with Crippen molar-refractivity contribution in [3.05, 3.63) is 0 Å².